The van der Waals surface area contributed by atoms with Crippen LogP contribution in [0.1, 0.15) is 22.8 Å². The number of carbonyl (C=O) groups is 2. The third-order valence-electron chi connectivity index (χ3n) is 3.01. The van der Waals surface area contributed by atoms with Gasteiger partial charge in [0.15, 0.2) is 12.4 Å². The molecule has 0 saturated carbocycles. The first-order valence-corrected chi connectivity index (χ1v) is 7.10. The molecule has 0 saturated heterocycles. The summed E-state index contributed by atoms with van der Waals surface area (Å²) >= 11 is 5.85. The monoisotopic (exact) mass is 328 g/mol. The average molecular weight is 329 g/mol. The molecule has 0 aliphatic heterocycles. The van der Waals surface area contributed by atoms with Gasteiger partial charge in [-0.25, -0.2) is 0 Å². The predicted octanol–water partition coefficient (Wildman–Crippen LogP) is 3.43. The van der Waals surface area contributed by atoms with Crippen molar-refractivity contribution in [3.05, 3.63) is 58.6 Å². The number of nitriles is 1. The predicted molar refractivity (Wildman–Crippen MR) is 86.7 cm³/mol. The zero-order valence-electron chi connectivity index (χ0n) is 12.3. The van der Waals surface area contributed by atoms with Gasteiger partial charge in [-0.05, 0) is 49.4 Å². The highest BCUT2D eigenvalue weighted by Crippen LogP contribution is 2.20. The number of rotatable bonds is 5. The van der Waals surface area contributed by atoms with Crippen LogP contribution in [-0.4, -0.2) is 18.3 Å². The Hall–Kier alpha value is -2.84. The van der Waals surface area contributed by atoms with Crippen LogP contribution in [0.3, 0.4) is 0 Å². The van der Waals surface area contributed by atoms with E-state index in [9.17, 15) is 9.59 Å². The largest absolute Gasteiger partial charge is 0.484 e. The quantitative estimate of drug-likeness (QED) is 0.853. The van der Waals surface area contributed by atoms with Gasteiger partial charge in [0.25, 0.3) is 5.91 Å². The highest BCUT2D eigenvalue weighted by atomic mass is 35.5. The molecule has 23 heavy (non-hydrogen) atoms. The van der Waals surface area contributed by atoms with Crippen LogP contribution in [0.2, 0.25) is 5.02 Å². The van der Waals surface area contributed by atoms with Gasteiger partial charge in [0.2, 0.25) is 0 Å². The third kappa shape index (κ3) is 4.56. The number of ketones is 1. The van der Waals surface area contributed by atoms with Crippen LogP contribution in [0.5, 0.6) is 5.75 Å². The fourth-order valence-electron chi connectivity index (χ4n) is 1.84. The highest BCUT2D eigenvalue weighted by molar-refractivity contribution is 6.31. The molecule has 2 aromatic rings. The average Bonchev–Trinajstić information content (AvgIpc) is 2.53. The number of ether oxygens (including phenoxy) is 1. The standard InChI is InChI=1S/C17H13ClN2O3/c1-11(21)12-3-6-15(7-4-12)23-10-17(22)20-16-8-14(18)5-2-13(16)9-19/h2-8H,10H2,1H3,(H,20,22). The number of hydrogen-bond donors (Lipinski definition) is 1. The zero-order valence-corrected chi connectivity index (χ0v) is 13.1. The summed E-state index contributed by atoms with van der Waals surface area (Å²) < 4.78 is 5.34. The second kappa shape index (κ2) is 7.43. The molecule has 0 heterocycles. The fourth-order valence-corrected chi connectivity index (χ4v) is 2.01. The first-order chi connectivity index (χ1) is 11.0. The van der Waals surface area contributed by atoms with E-state index in [1.807, 2.05) is 6.07 Å². The van der Waals surface area contributed by atoms with E-state index in [0.29, 0.717) is 27.6 Å². The smallest absolute Gasteiger partial charge is 0.262 e. The molecule has 1 N–H and O–H groups in total. The van der Waals surface area contributed by atoms with Crippen molar-refractivity contribution in [2.75, 3.05) is 11.9 Å². The molecular formula is C17H13ClN2O3. The van der Waals surface area contributed by atoms with Crippen LogP contribution < -0.4 is 10.1 Å². The Morgan fingerprint density at radius 3 is 2.52 bits per heavy atom. The molecule has 0 fully saturated rings. The first-order valence-electron chi connectivity index (χ1n) is 6.73. The van der Waals surface area contributed by atoms with E-state index >= 15 is 0 Å². The maximum atomic E-state index is 11.9. The molecule has 0 atom stereocenters. The van der Waals surface area contributed by atoms with E-state index < -0.39 is 5.91 Å². The number of anilines is 1. The van der Waals surface area contributed by atoms with Crippen LogP contribution in [0, 0.1) is 11.3 Å². The van der Waals surface area contributed by atoms with Gasteiger partial charge in [0.05, 0.1) is 11.3 Å². The maximum Gasteiger partial charge on any atom is 0.262 e. The van der Waals surface area contributed by atoms with Crippen LogP contribution in [-0.2, 0) is 4.79 Å². The Morgan fingerprint density at radius 1 is 1.22 bits per heavy atom. The van der Waals surface area contributed by atoms with Gasteiger partial charge >= 0.3 is 0 Å². The third-order valence-corrected chi connectivity index (χ3v) is 3.24. The first kappa shape index (κ1) is 16.5. The maximum absolute atomic E-state index is 11.9. The highest BCUT2D eigenvalue weighted by Gasteiger charge is 2.09. The van der Waals surface area contributed by atoms with Crippen molar-refractivity contribution in [1.82, 2.24) is 0 Å². The van der Waals surface area contributed by atoms with Crippen molar-refractivity contribution in [3.8, 4) is 11.8 Å². The molecule has 6 heteroatoms. The molecule has 1 amide bonds. The van der Waals surface area contributed by atoms with Crippen molar-refractivity contribution >= 4 is 29.0 Å². The molecule has 5 nitrogen and oxygen atoms in total. The topological polar surface area (TPSA) is 79.2 Å². The lowest BCUT2D eigenvalue weighted by molar-refractivity contribution is -0.118. The number of nitrogens with zero attached hydrogens (tertiary/aromatic N) is 1. The summed E-state index contributed by atoms with van der Waals surface area (Å²) in [6, 6.07) is 13.1. The summed E-state index contributed by atoms with van der Waals surface area (Å²) in [4.78, 5) is 23.1. The molecule has 0 radical (unpaired) electrons. The number of amides is 1. The summed E-state index contributed by atoms with van der Waals surface area (Å²) in [5, 5.41) is 12.0. The molecule has 2 aromatic carbocycles. The minimum Gasteiger partial charge on any atom is -0.484 e. The Labute approximate surface area is 138 Å². The molecule has 0 aliphatic carbocycles. The summed E-state index contributed by atoms with van der Waals surface area (Å²) in [6.45, 7) is 1.25. The Morgan fingerprint density at radius 2 is 1.91 bits per heavy atom. The van der Waals surface area contributed by atoms with E-state index in [1.54, 1.807) is 30.3 Å². The molecular weight excluding hydrogens is 316 g/mol. The summed E-state index contributed by atoms with van der Waals surface area (Å²) in [6.07, 6.45) is 0. The van der Waals surface area contributed by atoms with Crippen molar-refractivity contribution < 1.29 is 14.3 Å². The van der Waals surface area contributed by atoms with Gasteiger partial charge in [0, 0.05) is 10.6 Å². The van der Waals surface area contributed by atoms with Crippen molar-refractivity contribution in [3.63, 3.8) is 0 Å². The summed E-state index contributed by atoms with van der Waals surface area (Å²) in [5.74, 6) is 0.00967. The van der Waals surface area contributed by atoms with E-state index in [-0.39, 0.29) is 12.4 Å². The molecule has 0 aliphatic rings. The van der Waals surface area contributed by atoms with Gasteiger partial charge in [-0.1, -0.05) is 11.6 Å². The Bertz CT molecular complexity index is 779. The second-order valence-corrected chi connectivity index (χ2v) is 5.16. The normalized spacial score (nSPS) is 9.78. The SMILES string of the molecule is CC(=O)c1ccc(OCC(=O)Nc2cc(Cl)ccc2C#N)cc1. The minimum atomic E-state index is -0.417. The summed E-state index contributed by atoms with van der Waals surface area (Å²) in [5.41, 5.74) is 1.22. The molecule has 0 unspecified atom stereocenters. The molecule has 0 aromatic heterocycles. The van der Waals surface area contributed by atoms with Crippen LogP contribution >= 0.6 is 11.6 Å². The number of halogens is 1. The number of benzene rings is 2. The Kier molecular flexibility index (Phi) is 5.34. The van der Waals surface area contributed by atoms with Gasteiger partial charge in [-0.15, -0.1) is 0 Å². The second-order valence-electron chi connectivity index (χ2n) is 4.72. The molecule has 116 valence electrons. The van der Waals surface area contributed by atoms with Crippen molar-refractivity contribution in [1.29, 1.82) is 5.26 Å². The summed E-state index contributed by atoms with van der Waals surface area (Å²) in [7, 11) is 0. The van der Waals surface area contributed by atoms with E-state index in [0.717, 1.165) is 0 Å². The van der Waals surface area contributed by atoms with Crippen molar-refractivity contribution in [2.24, 2.45) is 0 Å². The van der Waals surface area contributed by atoms with E-state index in [4.69, 9.17) is 21.6 Å². The molecule has 0 spiro atoms. The molecule has 2 rings (SSSR count). The fraction of sp³-hybridized carbons (Fsp3) is 0.118. The van der Waals surface area contributed by atoms with Crippen LogP contribution in [0.15, 0.2) is 42.5 Å². The van der Waals surface area contributed by atoms with Gasteiger partial charge < -0.3 is 10.1 Å². The van der Waals surface area contributed by atoms with Crippen LogP contribution in [0.4, 0.5) is 5.69 Å². The van der Waals surface area contributed by atoms with Gasteiger partial charge in [0.1, 0.15) is 11.8 Å². The zero-order chi connectivity index (χ0) is 16.8. The number of hydrogen-bond acceptors (Lipinski definition) is 4. The number of nitrogens with one attached hydrogen (secondary N) is 1. The molecule has 0 bridgehead atoms. The number of carbonyl (C=O) groups excluding carboxylic acids is 2. The number of Topliss-reactive ketones (excluding diaryl/α,β-unsaturated/α-hetero) is 1. The van der Waals surface area contributed by atoms with E-state index in [2.05, 4.69) is 5.32 Å². The lowest BCUT2D eigenvalue weighted by Crippen LogP contribution is -2.20. The van der Waals surface area contributed by atoms with Crippen LogP contribution in [0.25, 0.3) is 0 Å². The lowest BCUT2D eigenvalue weighted by Gasteiger charge is -2.09. The lowest BCUT2D eigenvalue weighted by atomic mass is 10.1. The minimum absolute atomic E-state index is 0.0423. The Balaban J connectivity index is 1.97. The van der Waals surface area contributed by atoms with E-state index in [1.165, 1.54) is 19.1 Å². The van der Waals surface area contributed by atoms with Gasteiger partial charge in [-0.2, -0.15) is 5.26 Å². The van der Waals surface area contributed by atoms with Crippen molar-refractivity contribution in [2.45, 2.75) is 6.92 Å². The van der Waals surface area contributed by atoms with Gasteiger partial charge in [-0.3, -0.25) is 9.59 Å².